The number of hydrogen-bond acceptors (Lipinski definition) is 5. The molecule has 2 aliphatic heterocycles. The Bertz CT molecular complexity index is 720. The number of rotatable bonds is 4. The minimum Gasteiger partial charge on any atom is -0.463 e. The van der Waals surface area contributed by atoms with Crippen LogP contribution in [0.3, 0.4) is 0 Å². The summed E-state index contributed by atoms with van der Waals surface area (Å²) >= 11 is 6.67. The van der Waals surface area contributed by atoms with Gasteiger partial charge in [-0.05, 0) is 24.6 Å². The highest BCUT2D eigenvalue weighted by molar-refractivity contribution is 9.24. The number of halogens is 2. The van der Waals surface area contributed by atoms with Gasteiger partial charge in [0.1, 0.15) is 3.74 Å². The van der Waals surface area contributed by atoms with Crippen LogP contribution in [-0.2, 0) is 9.53 Å². The Morgan fingerprint density at radius 1 is 1.38 bits per heavy atom. The summed E-state index contributed by atoms with van der Waals surface area (Å²) in [4.78, 5) is 24.5. The van der Waals surface area contributed by atoms with Crippen molar-refractivity contribution in [1.29, 1.82) is 0 Å². The average Bonchev–Trinajstić information content (AvgIpc) is 3.01. The van der Waals surface area contributed by atoms with Gasteiger partial charge in [-0.2, -0.15) is 0 Å². The highest BCUT2D eigenvalue weighted by Gasteiger charge is 2.36. The topological polar surface area (TPSA) is 85.9 Å². The van der Waals surface area contributed by atoms with E-state index in [0.717, 1.165) is 0 Å². The molecule has 0 bridgehead atoms. The number of nitrogens with one attached hydrogen (secondary N) is 2. The van der Waals surface area contributed by atoms with Gasteiger partial charge in [0, 0.05) is 0 Å². The van der Waals surface area contributed by atoms with Crippen molar-refractivity contribution in [2.45, 2.75) is 16.7 Å². The molecule has 2 aliphatic rings. The van der Waals surface area contributed by atoms with Gasteiger partial charge in [0.2, 0.25) is 6.79 Å². The van der Waals surface area contributed by atoms with Crippen molar-refractivity contribution in [2.24, 2.45) is 0 Å². The summed E-state index contributed by atoms with van der Waals surface area (Å²) in [6.45, 7) is 2.10. The van der Waals surface area contributed by atoms with E-state index in [1.165, 1.54) is 0 Å². The number of amides is 2. The molecule has 9 heteroatoms. The zero-order chi connectivity index (χ0) is 17.3. The van der Waals surface area contributed by atoms with Gasteiger partial charge in [0.15, 0.2) is 11.5 Å². The second-order valence-corrected chi connectivity index (χ2v) is 8.05. The van der Waals surface area contributed by atoms with Crippen LogP contribution >= 0.6 is 31.9 Å². The molecule has 1 atom stereocenters. The largest absolute Gasteiger partial charge is 0.463 e. The molecule has 128 valence electrons. The van der Waals surface area contributed by atoms with E-state index >= 15 is 0 Å². The lowest BCUT2D eigenvalue weighted by atomic mass is 9.95. The van der Waals surface area contributed by atoms with Crippen LogP contribution < -0.4 is 20.1 Å². The van der Waals surface area contributed by atoms with E-state index < -0.39 is 21.8 Å². The number of hydrogen-bond donors (Lipinski definition) is 2. The number of benzene rings is 1. The number of carbonyl (C=O) groups is 2. The van der Waals surface area contributed by atoms with Crippen molar-refractivity contribution in [1.82, 2.24) is 10.6 Å². The first-order valence-corrected chi connectivity index (χ1v) is 9.00. The molecule has 0 spiro atoms. The van der Waals surface area contributed by atoms with Crippen LogP contribution in [0.15, 0.2) is 29.5 Å². The van der Waals surface area contributed by atoms with E-state index in [9.17, 15) is 9.59 Å². The minimum atomic E-state index is -0.667. The van der Waals surface area contributed by atoms with Gasteiger partial charge in [-0.15, -0.1) is 0 Å². The van der Waals surface area contributed by atoms with Crippen molar-refractivity contribution in [2.75, 3.05) is 13.4 Å². The molecule has 7 nitrogen and oxygen atoms in total. The van der Waals surface area contributed by atoms with Crippen molar-refractivity contribution in [3.8, 4) is 11.5 Å². The molecule has 2 N–H and O–H groups in total. The highest BCUT2D eigenvalue weighted by Crippen LogP contribution is 2.38. The number of allylic oxidation sites excluding steroid dienone is 1. The third-order valence-corrected chi connectivity index (χ3v) is 4.46. The summed E-state index contributed by atoms with van der Waals surface area (Å²) in [5.41, 5.74) is 1.41. The molecule has 2 amide bonds. The van der Waals surface area contributed by atoms with Crippen LogP contribution in [0.1, 0.15) is 18.5 Å². The number of alkyl halides is 2. The molecule has 0 saturated heterocycles. The van der Waals surface area contributed by atoms with Gasteiger partial charge in [0.25, 0.3) is 0 Å². The SMILES string of the molecule is CCOC(=O)C1=C(C(Br)Br)NC(=O)N[C@@H]1c1ccc2c(c1)OCO2. The van der Waals surface area contributed by atoms with Crippen molar-refractivity contribution in [3.05, 3.63) is 35.0 Å². The number of esters is 1. The monoisotopic (exact) mass is 460 g/mol. The standard InChI is InChI=1S/C15H14Br2N2O5/c1-2-22-14(20)10-11(18-15(21)19-12(10)13(16)17)7-3-4-8-9(5-7)24-6-23-8/h3-5,11,13H,2,6H2,1H3,(H2,18,19,21)/t11-/m1/s1. The summed E-state index contributed by atoms with van der Waals surface area (Å²) in [5.74, 6) is 0.686. The number of ether oxygens (including phenoxy) is 3. The second kappa shape index (κ2) is 7.02. The Balaban J connectivity index is 2.07. The lowest BCUT2D eigenvalue weighted by Crippen LogP contribution is -2.47. The maximum absolute atomic E-state index is 12.5. The van der Waals surface area contributed by atoms with Crippen LogP contribution in [0.4, 0.5) is 4.79 Å². The molecule has 0 saturated carbocycles. The van der Waals surface area contributed by atoms with E-state index in [4.69, 9.17) is 14.2 Å². The van der Waals surface area contributed by atoms with Crippen LogP contribution in [0.5, 0.6) is 11.5 Å². The second-order valence-electron chi connectivity index (χ2n) is 4.99. The lowest BCUT2D eigenvalue weighted by Gasteiger charge is -2.30. The summed E-state index contributed by atoms with van der Waals surface area (Å²) < 4.78 is 15.4. The smallest absolute Gasteiger partial charge is 0.338 e. The summed E-state index contributed by atoms with van der Waals surface area (Å²) in [6, 6.07) is 4.18. The van der Waals surface area contributed by atoms with E-state index in [1.54, 1.807) is 25.1 Å². The molecular weight excluding hydrogens is 448 g/mol. The molecule has 0 fully saturated rings. The van der Waals surface area contributed by atoms with Gasteiger partial charge in [0.05, 0.1) is 23.9 Å². The maximum atomic E-state index is 12.5. The van der Waals surface area contributed by atoms with Gasteiger partial charge in [-0.3, -0.25) is 0 Å². The van der Waals surface area contributed by atoms with E-state index in [2.05, 4.69) is 42.5 Å². The zero-order valence-electron chi connectivity index (χ0n) is 12.6. The lowest BCUT2D eigenvalue weighted by molar-refractivity contribution is -0.139. The fraction of sp³-hybridized carbons (Fsp3) is 0.333. The predicted octanol–water partition coefficient (Wildman–Crippen LogP) is 2.70. The van der Waals surface area contributed by atoms with Crippen molar-refractivity contribution in [3.63, 3.8) is 0 Å². The molecule has 0 radical (unpaired) electrons. The zero-order valence-corrected chi connectivity index (χ0v) is 15.8. The Morgan fingerprint density at radius 2 is 2.12 bits per heavy atom. The Kier molecular flexibility index (Phi) is 5.00. The molecular formula is C15H14Br2N2O5. The first-order valence-electron chi connectivity index (χ1n) is 7.17. The van der Waals surface area contributed by atoms with E-state index in [1.807, 2.05) is 0 Å². The minimum absolute atomic E-state index is 0.147. The molecule has 1 aromatic rings. The molecule has 3 rings (SSSR count). The quantitative estimate of drug-likeness (QED) is 0.531. The molecule has 2 heterocycles. The number of urea groups is 1. The van der Waals surface area contributed by atoms with Gasteiger partial charge < -0.3 is 24.8 Å². The summed E-state index contributed by atoms with van der Waals surface area (Å²) in [6.07, 6.45) is 0. The summed E-state index contributed by atoms with van der Waals surface area (Å²) in [7, 11) is 0. The summed E-state index contributed by atoms with van der Waals surface area (Å²) in [5, 5.41) is 5.39. The predicted molar refractivity (Wildman–Crippen MR) is 92.3 cm³/mol. The fourth-order valence-electron chi connectivity index (χ4n) is 2.54. The van der Waals surface area contributed by atoms with Gasteiger partial charge >= 0.3 is 12.0 Å². The van der Waals surface area contributed by atoms with E-state index in [0.29, 0.717) is 28.3 Å². The number of fused-ring (bicyclic) bond motifs is 1. The molecule has 0 unspecified atom stereocenters. The van der Waals surface area contributed by atoms with Crippen LogP contribution in [0, 0.1) is 0 Å². The molecule has 24 heavy (non-hydrogen) atoms. The first kappa shape index (κ1) is 17.1. The fourth-order valence-corrected chi connectivity index (χ4v) is 3.26. The Morgan fingerprint density at radius 3 is 2.83 bits per heavy atom. The van der Waals surface area contributed by atoms with Gasteiger partial charge in [-0.25, -0.2) is 9.59 Å². The van der Waals surface area contributed by atoms with Crippen LogP contribution in [0.25, 0.3) is 0 Å². The normalized spacial score (nSPS) is 19.2. The first-order chi connectivity index (χ1) is 11.5. The van der Waals surface area contributed by atoms with Gasteiger partial charge in [-0.1, -0.05) is 37.9 Å². The number of carbonyl (C=O) groups excluding carboxylic acids is 2. The Labute approximate surface area is 155 Å². The van der Waals surface area contributed by atoms with Crippen molar-refractivity contribution < 1.29 is 23.8 Å². The molecule has 1 aromatic carbocycles. The molecule has 0 aromatic heterocycles. The Hall–Kier alpha value is -1.74. The van der Waals surface area contributed by atoms with E-state index in [-0.39, 0.29) is 13.4 Å². The average molecular weight is 462 g/mol. The molecule has 0 aliphatic carbocycles. The van der Waals surface area contributed by atoms with Crippen molar-refractivity contribution >= 4 is 43.9 Å². The highest BCUT2D eigenvalue weighted by atomic mass is 79.9. The third-order valence-electron chi connectivity index (χ3n) is 3.55. The third kappa shape index (κ3) is 3.23. The van der Waals surface area contributed by atoms with Crippen LogP contribution in [0.2, 0.25) is 0 Å². The van der Waals surface area contributed by atoms with Crippen LogP contribution in [-0.4, -0.2) is 29.1 Å². The maximum Gasteiger partial charge on any atom is 0.338 e.